The Bertz CT molecular complexity index is 970. The second-order valence-corrected chi connectivity index (χ2v) is 7.32. The molecule has 2 heterocycles. The third-order valence-corrected chi connectivity index (χ3v) is 5.39. The van der Waals surface area contributed by atoms with Gasteiger partial charge in [0.1, 0.15) is 18.1 Å². The van der Waals surface area contributed by atoms with Crippen molar-refractivity contribution >= 4 is 0 Å². The number of likely N-dealkylation sites (N-methyl/N-ethyl adjacent to an activating group) is 1. The predicted molar refractivity (Wildman–Crippen MR) is 112 cm³/mol. The molecule has 2 aromatic rings. The SMILES string of the molecule is COc1ccc(ON2CC3=C(C(OC(N)c4cccc(F)c4)CCN3)N2C)cc1OC. The van der Waals surface area contributed by atoms with Crippen molar-refractivity contribution in [1.29, 1.82) is 0 Å². The van der Waals surface area contributed by atoms with E-state index in [-0.39, 0.29) is 11.9 Å². The van der Waals surface area contributed by atoms with Gasteiger partial charge in [-0.3, -0.25) is 5.01 Å². The minimum atomic E-state index is -0.734. The highest BCUT2D eigenvalue weighted by molar-refractivity contribution is 5.45. The molecule has 0 saturated heterocycles. The van der Waals surface area contributed by atoms with Crippen molar-refractivity contribution in [3.8, 4) is 17.2 Å². The van der Waals surface area contributed by atoms with Crippen molar-refractivity contribution < 1.29 is 23.4 Å². The van der Waals surface area contributed by atoms with Crippen LogP contribution in [-0.2, 0) is 4.74 Å². The molecule has 31 heavy (non-hydrogen) atoms. The topological polar surface area (TPSA) is 81.5 Å². The fourth-order valence-corrected chi connectivity index (χ4v) is 3.84. The zero-order valence-corrected chi connectivity index (χ0v) is 17.8. The average molecular weight is 430 g/mol. The molecule has 9 heteroatoms. The summed E-state index contributed by atoms with van der Waals surface area (Å²) in [4.78, 5) is 6.08. The standard InChI is InChI=1S/C22H27FN4O4/c1-26-21-17(13-27(26)31-16-7-8-18(28-2)20(12-16)29-3)25-10-9-19(21)30-22(24)14-5-4-6-15(23)11-14/h4-8,11-12,19,22,25H,9-10,13,24H2,1-3H3. The van der Waals surface area contributed by atoms with E-state index in [4.69, 9.17) is 24.8 Å². The van der Waals surface area contributed by atoms with Crippen LogP contribution in [-0.4, -0.2) is 50.6 Å². The Morgan fingerprint density at radius 3 is 2.68 bits per heavy atom. The van der Waals surface area contributed by atoms with E-state index < -0.39 is 6.23 Å². The highest BCUT2D eigenvalue weighted by Crippen LogP contribution is 2.34. The van der Waals surface area contributed by atoms with Crippen LogP contribution in [0.3, 0.4) is 0 Å². The first-order chi connectivity index (χ1) is 15.0. The van der Waals surface area contributed by atoms with Gasteiger partial charge in [-0.2, -0.15) is 0 Å². The van der Waals surface area contributed by atoms with Crippen molar-refractivity contribution in [3.05, 3.63) is 65.2 Å². The van der Waals surface area contributed by atoms with E-state index in [0.717, 1.165) is 24.4 Å². The zero-order valence-electron chi connectivity index (χ0n) is 17.8. The van der Waals surface area contributed by atoms with E-state index in [1.165, 1.54) is 12.1 Å². The highest BCUT2D eigenvalue weighted by Gasteiger charge is 2.37. The smallest absolute Gasteiger partial charge is 0.164 e. The maximum Gasteiger partial charge on any atom is 0.164 e. The summed E-state index contributed by atoms with van der Waals surface area (Å²) in [6.07, 6.45) is -0.253. The van der Waals surface area contributed by atoms with Crippen molar-refractivity contribution in [2.24, 2.45) is 5.73 Å². The first kappa shape index (κ1) is 21.2. The van der Waals surface area contributed by atoms with Gasteiger partial charge in [-0.25, -0.2) is 4.39 Å². The molecule has 0 fully saturated rings. The Balaban J connectivity index is 1.47. The number of nitrogens with one attached hydrogen (secondary N) is 1. The fraction of sp³-hybridized carbons (Fsp3) is 0.364. The molecule has 0 aliphatic carbocycles. The Labute approximate surface area is 180 Å². The predicted octanol–water partition coefficient (Wildman–Crippen LogP) is 2.55. The fourth-order valence-electron chi connectivity index (χ4n) is 3.84. The van der Waals surface area contributed by atoms with Crippen LogP contribution < -0.4 is 25.4 Å². The molecule has 0 radical (unpaired) electrons. The van der Waals surface area contributed by atoms with Crippen LogP contribution in [0.5, 0.6) is 17.2 Å². The molecule has 0 bridgehead atoms. The summed E-state index contributed by atoms with van der Waals surface area (Å²) >= 11 is 0. The second-order valence-electron chi connectivity index (χ2n) is 7.32. The number of hydrazine groups is 1. The molecule has 0 amide bonds. The number of hydroxylamine groups is 1. The van der Waals surface area contributed by atoms with Gasteiger partial charge in [0, 0.05) is 19.7 Å². The van der Waals surface area contributed by atoms with Crippen molar-refractivity contribution in [2.45, 2.75) is 18.8 Å². The molecule has 166 valence electrons. The largest absolute Gasteiger partial charge is 0.493 e. The summed E-state index contributed by atoms with van der Waals surface area (Å²) in [5, 5.41) is 7.05. The molecule has 4 rings (SSSR count). The van der Waals surface area contributed by atoms with Gasteiger partial charge in [0.05, 0.1) is 32.2 Å². The molecular weight excluding hydrogens is 403 g/mol. The van der Waals surface area contributed by atoms with Gasteiger partial charge >= 0.3 is 0 Å². The lowest BCUT2D eigenvalue weighted by atomic mass is 10.1. The zero-order chi connectivity index (χ0) is 22.0. The van der Waals surface area contributed by atoms with Crippen LogP contribution in [0.25, 0.3) is 0 Å². The average Bonchev–Trinajstić information content (AvgIpc) is 3.09. The summed E-state index contributed by atoms with van der Waals surface area (Å²) < 4.78 is 30.3. The molecule has 3 N–H and O–H groups in total. The molecule has 8 nitrogen and oxygen atoms in total. The Hall–Kier alpha value is -3.01. The lowest BCUT2D eigenvalue weighted by Gasteiger charge is -2.33. The number of nitrogens with two attached hydrogens (primary N) is 1. The van der Waals surface area contributed by atoms with E-state index in [2.05, 4.69) is 5.32 Å². The second kappa shape index (κ2) is 9.01. The van der Waals surface area contributed by atoms with Gasteiger partial charge in [0.2, 0.25) is 0 Å². The summed E-state index contributed by atoms with van der Waals surface area (Å²) in [7, 11) is 5.07. The lowest BCUT2D eigenvalue weighted by molar-refractivity contribution is -0.180. The molecule has 2 unspecified atom stereocenters. The molecule has 2 atom stereocenters. The van der Waals surface area contributed by atoms with Crippen LogP contribution in [0, 0.1) is 5.82 Å². The number of hydrogen-bond donors (Lipinski definition) is 2. The highest BCUT2D eigenvalue weighted by atomic mass is 19.1. The van der Waals surface area contributed by atoms with Gasteiger partial charge < -0.3 is 30.1 Å². The molecule has 2 aliphatic rings. The van der Waals surface area contributed by atoms with Gasteiger partial charge in [-0.05, 0) is 41.4 Å². The normalized spacial score (nSPS) is 19.6. The van der Waals surface area contributed by atoms with Gasteiger partial charge in [0.25, 0.3) is 0 Å². The minimum Gasteiger partial charge on any atom is -0.493 e. The first-order valence-corrected chi connectivity index (χ1v) is 10.0. The van der Waals surface area contributed by atoms with Crippen LogP contribution in [0.1, 0.15) is 18.2 Å². The number of nitrogens with zero attached hydrogens (tertiary/aromatic N) is 2. The van der Waals surface area contributed by atoms with Crippen molar-refractivity contribution in [1.82, 2.24) is 15.5 Å². The summed E-state index contributed by atoms with van der Waals surface area (Å²) in [6.45, 7) is 1.27. The van der Waals surface area contributed by atoms with Crippen LogP contribution in [0.2, 0.25) is 0 Å². The van der Waals surface area contributed by atoms with E-state index >= 15 is 0 Å². The first-order valence-electron chi connectivity index (χ1n) is 10.0. The Morgan fingerprint density at radius 2 is 1.94 bits per heavy atom. The summed E-state index contributed by atoms with van der Waals surface area (Å²) in [5.41, 5.74) is 8.76. The molecule has 2 aromatic carbocycles. The quantitative estimate of drug-likeness (QED) is 0.649. The Morgan fingerprint density at radius 1 is 1.13 bits per heavy atom. The maximum atomic E-state index is 13.6. The van der Waals surface area contributed by atoms with Crippen molar-refractivity contribution in [2.75, 3.05) is 34.4 Å². The number of halogens is 1. The number of ether oxygens (including phenoxy) is 3. The lowest BCUT2D eigenvalue weighted by Crippen LogP contribution is -2.41. The number of benzene rings is 2. The minimum absolute atomic E-state index is 0.251. The van der Waals surface area contributed by atoms with Crippen LogP contribution in [0.15, 0.2) is 53.9 Å². The van der Waals surface area contributed by atoms with E-state index in [1.54, 1.807) is 43.7 Å². The van der Waals surface area contributed by atoms with Crippen LogP contribution >= 0.6 is 0 Å². The summed E-state index contributed by atoms with van der Waals surface area (Å²) in [5.74, 6) is 1.48. The molecular formula is C22H27FN4O4. The molecule has 0 saturated carbocycles. The molecule has 0 aromatic heterocycles. The monoisotopic (exact) mass is 430 g/mol. The van der Waals surface area contributed by atoms with Gasteiger partial charge in [0.15, 0.2) is 17.2 Å². The third-order valence-electron chi connectivity index (χ3n) is 5.39. The van der Waals surface area contributed by atoms with E-state index in [0.29, 0.717) is 29.4 Å². The van der Waals surface area contributed by atoms with Crippen molar-refractivity contribution in [3.63, 3.8) is 0 Å². The molecule has 2 aliphatic heterocycles. The third kappa shape index (κ3) is 4.39. The van der Waals surface area contributed by atoms with E-state index in [1.807, 2.05) is 18.1 Å². The summed E-state index contributed by atoms with van der Waals surface area (Å²) in [6, 6.07) is 11.5. The number of methoxy groups -OCH3 is 2. The van der Waals surface area contributed by atoms with Gasteiger partial charge in [-0.1, -0.05) is 12.1 Å². The Kier molecular flexibility index (Phi) is 6.17. The van der Waals surface area contributed by atoms with E-state index in [9.17, 15) is 4.39 Å². The van der Waals surface area contributed by atoms with Gasteiger partial charge in [-0.15, -0.1) is 0 Å². The number of hydrogen-bond acceptors (Lipinski definition) is 8. The van der Waals surface area contributed by atoms with Crippen LogP contribution in [0.4, 0.5) is 4.39 Å². The number of rotatable bonds is 7. The molecule has 0 spiro atoms. The maximum absolute atomic E-state index is 13.6.